The van der Waals surface area contributed by atoms with Gasteiger partial charge < -0.3 is 14.5 Å². The van der Waals surface area contributed by atoms with E-state index in [9.17, 15) is 9.59 Å². The Kier molecular flexibility index (Phi) is 4.96. The lowest BCUT2D eigenvalue weighted by Crippen LogP contribution is -2.54. The van der Waals surface area contributed by atoms with Gasteiger partial charge in [0.25, 0.3) is 0 Å². The Balaban J connectivity index is 1.29. The standard InChI is InChI=1S/C21H23N3O3/c25-20(24-11-10-18-8-4-5-9-19(18)24)22-12-14-23(15-13-22)21(26)27-16-17-6-2-1-3-7-17/h1-9H,10-16H2. The molecule has 0 unspecified atom stereocenters. The summed E-state index contributed by atoms with van der Waals surface area (Å²) in [6.07, 6.45) is 0.575. The third-order valence-electron chi connectivity index (χ3n) is 5.13. The zero-order chi connectivity index (χ0) is 18.6. The molecule has 6 heteroatoms. The van der Waals surface area contributed by atoms with Crippen LogP contribution in [0.25, 0.3) is 0 Å². The number of rotatable bonds is 2. The second-order valence-electron chi connectivity index (χ2n) is 6.83. The van der Waals surface area contributed by atoms with Gasteiger partial charge in [-0.05, 0) is 23.6 Å². The lowest BCUT2D eigenvalue weighted by molar-refractivity contribution is 0.0776. The van der Waals surface area contributed by atoms with E-state index in [-0.39, 0.29) is 18.7 Å². The number of hydrogen-bond donors (Lipinski definition) is 0. The van der Waals surface area contributed by atoms with E-state index >= 15 is 0 Å². The van der Waals surface area contributed by atoms with Gasteiger partial charge in [0.2, 0.25) is 0 Å². The summed E-state index contributed by atoms with van der Waals surface area (Å²) in [7, 11) is 0. The fourth-order valence-corrected chi connectivity index (χ4v) is 3.60. The van der Waals surface area contributed by atoms with Gasteiger partial charge in [-0.1, -0.05) is 48.5 Å². The number of benzene rings is 2. The van der Waals surface area contributed by atoms with Crippen LogP contribution in [0.1, 0.15) is 11.1 Å². The van der Waals surface area contributed by atoms with Gasteiger partial charge >= 0.3 is 12.1 Å². The molecule has 0 saturated carbocycles. The van der Waals surface area contributed by atoms with Crippen LogP contribution in [0.15, 0.2) is 54.6 Å². The second kappa shape index (κ2) is 7.70. The molecule has 2 aliphatic heterocycles. The number of piperazine rings is 1. The highest BCUT2D eigenvalue weighted by Crippen LogP contribution is 2.28. The number of hydrogen-bond acceptors (Lipinski definition) is 3. The second-order valence-corrected chi connectivity index (χ2v) is 6.83. The van der Waals surface area contributed by atoms with Crippen molar-refractivity contribution in [1.29, 1.82) is 0 Å². The molecule has 0 aromatic heterocycles. The Morgan fingerprint density at radius 2 is 1.48 bits per heavy atom. The molecule has 0 N–H and O–H groups in total. The Labute approximate surface area is 158 Å². The molecule has 0 bridgehead atoms. The molecule has 0 aliphatic carbocycles. The first kappa shape index (κ1) is 17.4. The summed E-state index contributed by atoms with van der Waals surface area (Å²) < 4.78 is 5.38. The summed E-state index contributed by atoms with van der Waals surface area (Å²) >= 11 is 0. The number of nitrogens with zero attached hydrogens (tertiary/aromatic N) is 3. The number of anilines is 1. The fourth-order valence-electron chi connectivity index (χ4n) is 3.60. The van der Waals surface area contributed by atoms with Crippen LogP contribution in [0.5, 0.6) is 0 Å². The van der Waals surface area contributed by atoms with E-state index in [2.05, 4.69) is 6.07 Å². The Morgan fingerprint density at radius 1 is 0.815 bits per heavy atom. The van der Waals surface area contributed by atoms with Crippen LogP contribution < -0.4 is 4.90 Å². The molecule has 2 heterocycles. The van der Waals surface area contributed by atoms with E-state index in [1.165, 1.54) is 5.56 Å². The molecule has 3 amide bonds. The van der Waals surface area contributed by atoms with Gasteiger partial charge in [-0.2, -0.15) is 0 Å². The van der Waals surface area contributed by atoms with Crippen LogP contribution in [-0.4, -0.2) is 54.6 Å². The average Bonchev–Trinajstić information content (AvgIpc) is 3.16. The van der Waals surface area contributed by atoms with E-state index in [1.54, 1.807) is 4.90 Å². The Bertz CT molecular complexity index is 816. The van der Waals surface area contributed by atoms with Crippen molar-refractivity contribution in [3.8, 4) is 0 Å². The van der Waals surface area contributed by atoms with Crippen molar-refractivity contribution in [1.82, 2.24) is 9.80 Å². The largest absolute Gasteiger partial charge is 0.445 e. The first-order valence-electron chi connectivity index (χ1n) is 9.32. The smallest absolute Gasteiger partial charge is 0.410 e. The lowest BCUT2D eigenvalue weighted by Gasteiger charge is -2.36. The molecular formula is C21H23N3O3. The number of carbonyl (C=O) groups excluding carboxylic acids is 2. The number of fused-ring (bicyclic) bond motifs is 1. The minimum Gasteiger partial charge on any atom is -0.445 e. The third-order valence-corrected chi connectivity index (χ3v) is 5.13. The Morgan fingerprint density at radius 3 is 2.26 bits per heavy atom. The maximum absolute atomic E-state index is 12.9. The molecule has 27 heavy (non-hydrogen) atoms. The van der Waals surface area contributed by atoms with E-state index in [4.69, 9.17) is 4.74 Å². The summed E-state index contributed by atoms with van der Waals surface area (Å²) in [4.78, 5) is 30.5. The number of para-hydroxylation sites is 1. The van der Waals surface area contributed by atoms with Crippen LogP contribution in [0.2, 0.25) is 0 Å². The first-order chi connectivity index (χ1) is 13.2. The van der Waals surface area contributed by atoms with Crippen LogP contribution in [0.3, 0.4) is 0 Å². The Hall–Kier alpha value is -3.02. The van der Waals surface area contributed by atoms with Gasteiger partial charge in [0.15, 0.2) is 0 Å². The molecule has 140 valence electrons. The van der Waals surface area contributed by atoms with Crippen molar-refractivity contribution in [2.45, 2.75) is 13.0 Å². The van der Waals surface area contributed by atoms with Gasteiger partial charge in [-0.15, -0.1) is 0 Å². The van der Waals surface area contributed by atoms with Crippen molar-refractivity contribution in [3.05, 3.63) is 65.7 Å². The highest BCUT2D eigenvalue weighted by Gasteiger charge is 2.31. The maximum Gasteiger partial charge on any atom is 0.410 e. The third kappa shape index (κ3) is 3.74. The maximum atomic E-state index is 12.9. The molecule has 2 aromatic rings. The van der Waals surface area contributed by atoms with E-state index in [1.807, 2.05) is 58.3 Å². The molecule has 0 spiro atoms. The number of urea groups is 1. The van der Waals surface area contributed by atoms with Crippen molar-refractivity contribution >= 4 is 17.8 Å². The monoisotopic (exact) mass is 365 g/mol. The molecular weight excluding hydrogens is 342 g/mol. The summed E-state index contributed by atoms with van der Waals surface area (Å²) in [6.45, 7) is 3.03. The zero-order valence-corrected chi connectivity index (χ0v) is 15.2. The number of carbonyl (C=O) groups is 2. The van der Waals surface area contributed by atoms with E-state index in [0.717, 1.165) is 24.2 Å². The molecule has 1 saturated heterocycles. The number of ether oxygens (including phenoxy) is 1. The molecule has 2 aliphatic rings. The normalized spacial score (nSPS) is 16.2. The predicted octanol–water partition coefficient (Wildman–Crippen LogP) is 3.12. The molecule has 1 fully saturated rings. The molecule has 6 nitrogen and oxygen atoms in total. The SMILES string of the molecule is O=C(OCc1ccccc1)N1CCN(C(=O)N2CCc3ccccc32)CC1. The summed E-state index contributed by atoms with van der Waals surface area (Å²) in [5, 5.41) is 0. The van der Waals surface area contributed by atoms with Gasteiger partial charge in [0.1, 0.15) is 6.61 Å². The highest BCUT2D eigenvalue weighted by molar-refractivity contribution is 5.94. The minimum atomic E-state index is -0.322. The minimum absolute atomic E-state index is 0.0252. The average molecular weight is 365 g/mol. The highest BCUT2D eigenvalue weighted by atomic mass is 16.6. The summed E-state index contributed by atoms with van der Waals surface area (Å²) in [5.74, 6) is 0. The zero-order valence-electron chi connectivity index (χ0n) is 15.2. The number of amides is 3. The lowest BCUT2D eigenvalue weighted by atomic mass is 10.2. The molecule has 0 atom stereocenters. The molecule has 4 rings (SSSR count). The predicted molar refractivity (Wildman–Crippen MR) is 103 cm³/mol. The van der Waals surface area contributed by atoms with Gasteiger partial charge in [-0.3, -0.25) is 4.90 Å². The summed E-state index contributed by atoms with van der Waals surface area (Å²) in [6, 6.07) is 17.7. The van der Waals surface area contributed by atoms with E-state index < -0.39 is 0 Å². The van der Waals surface area contributed by atoms with Crippen molar-refractivity contribution in [3.63, 3.8) is 0 Å². The van der Waals surface area contributed by atoms with Gasteiger partial charge in [-0.25, -0.2) is 9.59 Å². The van der Waals surface area contributed by atoms with Crippen molar-refractivity contribution < 1.29 is 14.3 Å². The molecule has 0 radical (unpaired) electrons. The van der Waals surface area contributed by atoms with Crippen molar-refractivity contribution in [2.75, 3.05) is 37.6 Å². The van der Waals surface area contributed by atoms with E-state index in [0.29, 0.717) is 26.2 Å². The topological polar surface area (TPSA) is 53.1 Å². The fraction of sp³-hybridized carbons (Fsp3) is 0.333. The van der Waals surface area contributed by atoms with Crippen LogP contribution in [-0.2, 0) is 17.8 Å². The first-order valence-corrected chi connectivity index (χ1v) is 9.32. The van der Waals surface area contributed by atoms with Crippen molar-refractivity contribution in [2.24, 2.45) is 0 Å². The van der Waals surface area contributed by atoms with Crippen LogP contribution >= 0.6 is 0 Å². The quantitative estimate of drug-likeness (QED) is 0.822. The molecule has 2 aromatic carbocycles. The summed E-state index contributed by atoms with van der Waals surface area (Å²) in [5.41, 5.74) is 3.19. The van der Waals surface area contributed by atoms with Gasteiger partial charge in [0.05, 0.1) is 0 Å². The van der Waals surface area contributed by atoms with Gasteiger partial charge in [0, 0.05) is 38.4 Å². The van der Waals surface area contributed by atoms with Crippen LogP contribution in [0, 0.1) is 0 Å². The van der Waals surface area contributed by atoms with Crippen LogP contribution in [0.4, 0.5) is 15.3 Å².